The highest BCUT2D eigenvalue weighted by molar-refractivity contribution is 6.05. The number of rotatable bonds is 24. The molecule has 0 aliphatic carbocycles. The van der Waals surface area contributed by atoms with Crippen LogP contribution in [0.15, 0.2) is 12.5 Å². The number of imidazole rings is 1. The lowest BCUT2D eigenvalue weighted by Gasteiger charge is -2.23. The first-order chi connectivity index (χ1) is 19.6. The number of ketones is 2. The van der Waals surface area contributed by atoms with Crippen molar-refractivity contribution in [1.29, 1.82) is 0 Å². The Bertz CT molecular complexity index is 936. The van der Waals surface area contributed by atoms with Gasteiger partial charge >= 0.3 is 0 Å². The van der Waals surface area contributed by atoms with E-state index in [2.05, 4.69) is 25.9 Å². The average Bonchev–Trinajstić information content (AvgIpc) is 3.48. The number of Topliss-reactive ketones (excluding diaryl/α,β-unsaturated/α-hetero) is 2. The number of H-pyrrole nitrogens is 1. The highest BCUT2D eigenvalue weighted by Gasteiger charge is 2.35. The first kappa shape index (κ1) is 35.9. The summed E-state index contributed by atoms with van der Waals surface area (Å²) in [5.41, 5.74) is -0.369. The van der Waals surface area contributed by atoms with E-state index in [9.17, 15) is 29.1 Å². The van der Waals surface area contributed by atoms with Crippen LogP contribution in [-0.4, -0.2) is 97.0 Å². The second kappa shape index (κ2) is 20.7. The van der Waals surface area contributed by atoms with Crippen LogP contribution in [0.5, 0.6) is 0 Å². The Morgan fingerprint density at radius 2 is 1.68 bits per heavy atom. The SMILES string of the molecule is CCC(=O)NCCOCCOCC(=O)NCCCC[C@H](CCC(=O)C(C)(C)C(=O)NCCc1cnc[nH]1)C(=O)CO. The number of aliphatic hydroxyl groups excluding tert-OH is 1. The van der Waals surface area contributed by atoms with E-state index < -0.39 is 17.9 Å². The fourth-order valence-electron chi connectivity index (χ4n) is 3.86. The molecule has 1 atom stereocenters. The molecule has 0 saturated heterocycles. The zero-order valence-corrected chi connectivity index (χ0v) is 24.6. The van der Waals surface area contributed by atoms with Crippen molar-refractivity contribution < 1.29 is 38.6 Å². The van der Waals surface area contributed by atoms with Crippen LogP contribution in [-0.2, 0) is 39.9 Å². The molecule has 0 saturated carbocycles. The lowest BCUT2D eigenvalue weighted by atomic mass is 9.82. The third kappa shape index (κ3) is 15.4. The zero-order chi connectivity index (χ0) is 30.5. The first-order valence-electron chi connectivity index (χ1n) is 14.2. The Morgan fingerprint density at radius 3 is 2.37 bits per heavy atom. The van der Waals surface area contributed by atoms with Crippen LogP contribution in [0, 0.1) is 11.3 Å². The summed E-state index contributed by atoms with van der Waals surface area (Å²) in [6.07, 6.45) is 6.20. The molecule has 0 aliphatic heterocycles. The molecule has 0 radical (unpaired) electrons. The topological polar surface area (TPSA) is 189 Å². The number of carbonyl (C=O) groups is 5. The molecule has 1 aromatic heterocycles. The molecule has 0 spiro atoms. The summed E-state index contributed by atoms with van der Waals surface area (Å²) in [7, 11) is 0. The third-order valence-corrected chi connectivity index (χ3v) is 6.63. The van der Waals surface area contributed by atoms with Crippen molar-refractivity contribution in [2.75, 3.05) is 52.7 Å². The number of aliphatic hydroxyl groups is 1. The first-order valence-corrected chi connectivity index (χ1v) is 14.2. The van der Waals surface area contributed by atoms with Gasteiger partial charge in [0, 0.05) is 56.7 Å². The second-order valence-corrected chi connectivity index (χ2v) is 10.2. The molecule has 0 bridgehead atoms. The van der Waals surface area contributed by atoms with Gasteiger partial charge in [0.2, 0.25) is 17.7 Å². The maximum Gasteiger partial charge on any atom is 0.245 e. The maximum absolute atomic E-state index is 12.8. The van der Waals surface area contributed by atoms with Crippen LogP contribution in [0.25, 0.3) is 0 Å². The van der Waals surface area contributed by atoms with Crippen LogP contribution >= 0.6 is 0 Å². The number of aromatic amines is 1. The van der Waals surface area contributed by atoms with Crippen LogP contribution in [0.1, 0.15) is 65.0 Å². The highest BCUT2D eigenvalue weighted by atomic mass is 16.5. The Balaban J connectivity index is 2.23. The molecule has 5 N–H and O–H groups in total. The summed E-state index contributed by atoms with van der Waals surface area (Å²) in [5, 5.41) is 17.6. The fourth-order valence-corrected chi connectivity index (χ4v) is 3.86. The Kier molecular flexibility index (Phi) is 18.1. The average molecular weight is 582 g/mol. The van der Waals surface area contributed by atoms with Gasteiger partial charge < -0.3 is 35.5 Å². The number of hydrogen-bond donors (Lipinski definition) is 5. The van der Waals surface area contributed by atoms with Crippen molar-refractivity contribution in [3.8, 4) is 0 Å². The van der Waals surface area contributed by atoms with Crippen molar-refractivity contribution in [1.82, 2.24) is 25.9 Å². The van der Waals surface area contributed by atoms with Crippen molar-refractivity contribution in [2.45, 2.75) is 65.7 Å². The number of nitrogens with zero attached hydrogens (tertiary/aromatic N) is 1. The minimum atomic E-state index is -1.24. The Labute approximate surface area is 241 Å². The van der Waals surface area contributed by atoms with Crippen LogP contribution in [0.2, 0.25) is 0 Å². The molecule has 3 amide bonds. The summed E-state index contributed by atoms with van der Waals surface area (Å²) in [4.78, 5) is 67.6. The number of aromatic nitrogens is 2. The van der Waals surface area contributed by atoms with Crippen LogP contribution in [0.3, 0.4) is 0 Å². The molecule has 0 fully saturated rings. The lowest BCUT2D eigenvalue weighted by Crippen LogP contribution is -2.43. The van der Waals surface area contributed by atoms with Gasteiger partial charge in [0.15, 0.2) is 5.78 Å². The Hall–Kier alpha value is -3.16. The molecule has 0 aromatic carbocycles. The predicted molar refractivity (Wildman–Crippen MR) is 151 cm³/mol. The van der Waals surface area contributed by atoms with E-state index >= 15 is 0 Å². The van der Waals surface area contributed by atoms with E-state index in [1.165, 1.54) is 0 Å². The van der Waals surface area contributed by atoms with E-state index in [0.717, 1.165) is 5.69 Å². The molecular weight excluding hydrogens is 534 g/mol. The van der Waals surface area contributed by atoms with Gasteiger partial charge in [-0.3, -0.25) is 24.0 Å². The molecule has 232 valence electrons. The summed E-state index contributed by atoms with van der Waals surface area (Å²) < 4.78 is 10.6. The Morgan fingerprint density at radius 1 is 0.951 bits per heavy atom. The van der Waals surface area contributed by atoms with Gasteiger partial charge in [0.1, 0.15) is 24.4 Å². The van der Waals surface area contributed by atoms with Gasteiger partial charge in [0.05, 0.1) is 26.1 Å². The summed E-state index contributed by atoms with van der Waals surface area (Å²) in [5.74, 6) is -1.79. The van der Waals surface area contributed by atoms with Crippen LogP contribution < -0.4 is 16.0 Å². The molecule has 0 aliphatic rings. The van der Waals surface area contributed by atoms with Gasteiger partial charge in [-0.1, -0.05) is 13.3 Å². The summed E-state index contributed by atoms with van der Waals surface area (Å²) in [6.45, 7) is 6.33. The third-order valence-electron chi connectivity index (χ3n) is 6.63. The second-order valence-electron chi connectivity index (χ2n) is 10.2. The predicted octanol–water partition coefficient (Wildman–Crippen LogP) is 0.467. The quantitative estimate of drug-likeness (QED) is 0.0853. The molecular formula is C28H47N5O8. The van der Waals surface area contributed by atoms with Crippen molar-refractivity contribution in [3.63, 3.8) is 0 Å². The number of unbranched alkanes of at least 4 members (excludes halogenated alkanes) is 1. The van der Waals surface area contributed by atoms with E-state index in [0.29, 0.717) is 65.0 Å². The number of hydrogen-bond acceptors (Lipinski definition) is 9. The molecule has 1 aromatic rings. The van der Waals surface area contributed by atoms with Gasteiger partial charge in [-0.15, -0.1) is 0 Å². The number of carbonyl (C=O) groups excluding carboxylic acids is 5. The highest BCUT2D eigenvalue weighted by Crippen LogP contribution is 2.24. The van der Waals surface area contributed by atoms with E-state index in [-0.39, 0.29) is 55.3 Å². The minimum Gasteiger partial charge on any atom is -0.389 e. The zero-order valence-electron chi connectivity index (χ0n) is 24.6. The van der Waals surface area contributed by atoms with Gasteiger partial charge in [-0.2, -0.15) is 0 Å². The lowest BCUT2D eigenvalue weighted by molar-refractivity contribution is -0.140. The van der Waals surface area contributed by atoms with E-state index in [4.69, 9.17) is 9.47 Å². The standard InChI is InChI=1S/C28H47N5O8/c1-4-25(37)31-13-14-40-15-16-41-19-26(38)30-11-6-5-7-21(23(35)18-34)8-9-24(36)28(2,3)27(39)32-12-10-22-17-29-20-33-22/h17,20-21,34H,4-16,18-19H2,1-3H3,(H,29,33)(H,30,38)(H,31,37)(H,32,39)/t21-/m1/s1. The molecule has 1 heterocycles. The molecule has 41 heavy (non-hydrogen) atoms. The van der Waals surface area contributed by atoms with Crippen molar-refractivity contribution >= 4 is 29.3 Å². The molecule has 13 heteroatoms. The monoisotopic (exact) mass is 581 g/mol. The van der Waals surface area contributed by atoms with Crippen molar-refractivity contribution in [2.24, 2.45) is 11.3 Å². The minimum absolute atomic E-state index is 0.0361. The number of nitrogens with one attached hydrogen (secondary N) is 4. The van der Waals surface area contributed by atoms with E-state index in [1.54, 1.807) is 33.3 Å². The molecule has 13 nitrogen and oxygen atoms in total. The summed E-state index contributed by atoms with van der Waals surface area (Å²) >= 11 is 0. The normalized spacial score (nSPS) is 12.0. The smallest absolute Gasteiger partial charge is 0.245 e. The largest absolute Gasteiger partial charge is 0.389 e. The molecule has 0 unspecified atom stereocenters. The van der Waals surface area contributed by atoms with Gasteiger partial charge in [-0.25, -0.2) is 4.98 Å². The number of amides is 3. The van der Waals surface area contributed by atoms with Crippen LogP contribution in [0.4, 0.5) is 0 Å². The fraction of sp³-hybridized carbons (Fsp3) is 0.714. The van der Waals surface area contributed by atoms with Crippen molar-refractivity contribution in [3.05, 3.63) is 18.2 Å². The molecule has 1 rings (SSSR count). The van der Waals surface area contributed by atoms with Gasteiger partial charge in [0.25, 0.3) is 0 Å². The summed E-state index contributed by atoms with van der Waals surface area (Å²) in [6, 6.07) is 0. The van der Waals surface area contributed by atoms with Gasteiger partial charge in [-0.05, 0) is 33.1 Å². The van der Waals surface area contributed by atoms with E-state index in [1.807, 2.05) is 0 Å². The number of ether oxygens (including phenoxy) is 2. The maximum atomic E-state index is 12.8.